The van der Waals surface area contributed by atoms with Crippen LogP contribution in [0.2, 0.25) is 0 Å². The molecular weight excluding hydrogens is 396 g/mol. The van der Waals surface area contributed by atoms with Crippen LogP contribution < -0.4 is 0 Å². The largest absolute Gasteiger partial charge is 0.0804 e. The molecule has 0 amide bonds. The third-order valence-electron chi connectivity index (χ3n) is 7.29. The second-order valence-corrected chi connectivity index (χ2v) is 9.80. The van der Waals surface area contributed by atoms with E-state index in [0.717, 1.165) is 0 Å². The van der Waals surface area contributed by atoms with Crippen molar-refractivity contribution in [2.75, 3.05) is 0 Å². The minimum absolute atomic E-state index is 0.542. The zero-order valence-electron chi connectivity index (χ0n) is 20.6. The first-order valence-electron chi connectivity index (χ1n) is 13.2. The van der Waals surface area contributed by atoms with Gasteiger partial charge in [0.25, 0.3) is 0 Å². The third kappa shape index (κ3) is 6.47. The molecule has 2 atom stereocenters. The molecule has 0 saturated carbocycles. The molecule has 0 N–H and O–H groups in total. The van der Waals surface area contributed by atoms with Crippen LogP contribution in [0.3, 0.4) is 0 Å². The molecule has 3 aromatic carbocycles. The van der Waals surface area contributed by atoms with E-state index in [1.807, 2.05) is 0 Å². The Balaban J connectivity index is 1.35. The number of unbranched alkanes of at least 4 members (excludes halogenated alkanes) is 3. The van der Waals surface area contributed by atoms with E-state index in [4.69, 9.17) is 0 Å². The number of hydrogen-bond donors (Lipinski definition) is 0. The maximum Gasteiger partial charge on any atom is 0.00185 e. The van der Waals surface area contributed by atoms with Crippen molar-refractivity contribution in [3.8, 4) is 11.1 Å². The number of hydrogen-bond acceptors (Lipinski definition) is 0. The highest BCUT2D eigenvalue weighted by Crippen LogP contribution is 2.36. The lowest BCUT2D eigenvalue weighted by Gasteiger charge is -2.24. The summed E-state index contributed by atoms with van der Waals surface area (Å²) in [6, 6.07) is 27.8. The maximum absolute atomic E-state index is 2.44. The van der Waals surface area contributed by atoms with E-state index in [-0.39, 0.29) is 0 Å². The van der Waals surface area contributed by atoms with Crippen molar-refractivity contribution >= 4 is 0 Å². The summed E-state index contributed by atoms with van der Waals surface area (Å²) in [7, 11) is 0. The van der Waals surface area contributed by atoms with Crippen LogP contribution in [0.5, 0.6) is 0 Å². The molecule has 1 aliphatic carbocycles. The van der Waals surface area contributed by atoms with Crippen LogP contribution >= 0.6 is 0 Å². The lowest BCUT2D eigenvalue weighted by molar-refractivity contribution is 0.600. The van der Waals surface area contributed by atoms with Crippen LogP contribution in [0.25, 0.3) is 11.1 Å². The van der Waals surface area contributed by atoms with E-state index < -0.39 is 0 Å². The summed E-state index contributed by atoms with van der Waals surface area (Å²) in [5.74, 6) is 1.11. The Morgan fingerprint density at radius 1 is 0.515 bits per heavy atom. The molecule has 0 fully saturated rings. The molecule has 0 heteroatoms. The second-order valence-electron chi connectivity index (χ2n) is 9.80. The van der Waals surface area contributed by atoms with E-state index in [9.17, 15) is 0 Å². The van der Waals surface area contributed by atoms with Crippen LogP contribution in [-0.2, 0) is 12.8 Å². The minimum atomic E-state index is 0.542. The van der Waals surface area contributed by atoms with Crippen molar-refractivity contribution in [2.45, 2.75) is 83.5 Å². The lowest BCUT2D eigenvalue weighted by Crippen LogP contribution is -2.06. The Morgan fingerprint density at radius 3 is 1.42 bits per heavy atom. The molecule has 0 nitrogen and oxygen atoms in total. The molecule has 0 saturated heterocycles. The van der Waals surface area contributed by atoms with Gasteiger partial charge in [-0.25, -0.2) is 0 Å². The van der Waals surface area contributed by atoms with Crippen LogP contribution in [0.4, 0.5) is 0 Å². The highest BCUT2D eigenvalue weighted by Gasteiger charge is 2.18. The molecule has 0 aromatic heterocycles. The van der Waals surface area contributed by atoms with E-state index in [0.29, 0.717) is 11.8 Å². The first-order chi connectivity index (χ1) is 16.3. The summed E-state index contributed by atoms with van der Waals surface area (Å²) in [5, 5.41) is 0. The van der Waals surface area contributed by atoms with Gasteiger partial charge in [0.1, 0.15) is 0 Å². The Kier molecular flexibility index (Phi) is 8.59. The van der Waals surface area contributed by atoms with Gasteiger partial charge < -0.3 is 0 Å². The molecule has 0 spiro atoms. The van der Waals surface area contributed by atoms with Gasteiger partial charge >= 0.3 is 0 Å². The van der Waals surface area contributed by atoms with Crippen molar-refractivity contribution < 1.29 is 0 Å². The fourth-order valence-electron chi connectivity index (χ4n) is 5.05. The van der Waals surface area contributed by atoms with Gasteiger partial charge in [-0.2, -0.15) is 0 Å². The summed E-state index contributed by atoms with van der Waals surface area (Å²) < 4.78 is 0. The van der Waals surface area contributed by atoms with Gasteiger partial charge in [0.2, 0.25) is 0 Å². The predicted molar refractivity (Wildman–Crippen MR) is 144 cm³/mol. The highest BCUT2D eigenvalue weighted by molar-refractivity contribution is 5.64. The summed E-state index contributed by atoms with van der Waals surface area (Å²) >= 11 is 0. The van der Waals surface area contributed by atoms with Crippen LogP contribution in [0.1, 0.15) is 92.9 Å². The molecule has 172 valence electrons. The van der Waals surface area contributed by atoms with Crippen molar-refractivity contribution in [3.63, 3.8) is 0 Å². The zero-order chi connectivity index (χ0) is 22.9. The van der Waals surface area contributed by atoms with E-state index in [1.54, 1.807) is 0 Å². The molecule has 2 unspecified atom stereocenters. The monoisotopic (exact) mass is 436 g/mol. The lowest BCUT2D eigenvalue weighted by atomic mass is 9.81. The Morgan fingerprint density at radius 2 is 0.939 bits per heavy atom. The average Bonchev–Trinajstić information content (AvgIpc) is 2.89. The van der Waals surface area contributed by atoms with E-state index in [1.165, 1.54) is 91.2 Å². The van der Waals surface area contributed by atoms with Crippen molar-refractivity contribution in [1.82, 2.24) is 0 Å². The third-order valence-corrected chi connectivity index (χ3v) is 7.29. The molecular formula is C33H40. The second kappa shape index (κ2) is 12.0. The molecule has 0 heterocycles. The van der Waals surface area contributed by atoms with Crippen LogP contribution in [0, 0.1) is 0 Å². The molecule has 0 aliphatic heterocycles. The molecule has 4 rings (SSSR count). The van der Waals surface area contributed by atoms with Gasteiger partial charge in [-0.15, -0.1) is 0 Å². The predicted octanol–water partition coefficient (Wildman–Crippen LogP) is 9.65. The van der Waals surface area contributed by atoms with Gasteiger partial charge in [-0.05, 0) is 71.9 Å². The van der Waals surface area contributed by atoms with Gasteiger partial charge in [-0.1, -0.05) is 118 Å². The molecule has 0 bridgehead atoms. The summed E-state index contributed by atoms with van der Waals surface area (Å²) in [6.45, 7) is 4.53. The summed E-state index contributed by atoms with van der Waals surface area (Å²) in [6.07, 6.45) is 16.2. The Bertz CT molecular complexity index is 989. The Labute approximate surface area is 201 Å². The number of aryl methyl sites for hydroxylation is 2. The topological polar surface area (TPSA) is 0 Å². The average molecular weight is 437 g/mol. The van der Waals surface area contributed by atoms with Crippen molar-refractivity contribution in [2.24, 2.45) is 0 Å². The van der Waals surface area contributed by atoms with Gasteiger partial charge in [0.15, 0.2) is 0 Å². The molecule has 3 aromatic rings. The standard InChI is InChI=1S/C33H40/c1-3-5-7-9-27-12-16-29(17-13-27)31-20-24-33(25-21-31)32-22-18-30(19-23-32)28-14-10-26(11-15-28)8-6-4-2/h10-18,20-22,24-25,30,32H,3-9,19,23H2,1-2H3. The molecule has 0 radical (unpaired) electrons. The fourth-order valence-corrected chi connectivity index (χ4v) is 5.05. The quantitative estimate of drug-likeness (QED) is 0.219. The van der Waals surface area contributed by atoms with Gasteiger partial charge in [0, 0.05) is 11.8 Å². The number of benzene rings is 3. The van der Waals surface area contributed by atoms with Gasteiger partial charge in [-0.3, -0.25) is 0 Å². The molecule has 33 heavy (non-hydrogen) atoms. The van der Waals surface area contributed by atoms with Gasteiger partial charge in [0.05, 0.1) is 0 Å². The Hall–Kier alpha value is -2.60. The smallest absolute Gasteiger partial charge is 0.00185 e. The number of allylic oxidation sites excluding steroid dienone is 2. The fraction of sp³-hybridized carbons (Fsp3) is 0.394. The molecule has 1 aliphatic rings. The normalized spacial score (nSPS) is 17.9. The first-order valence-corrected chi connectivity index (χ1v) is 13.2. The maximum atomic E-state index is 2.44. The van der Waals surface area contributed by atoms with Crippen molar-refractivity contribution in [3.05, 3.63) is 107 Å². The van der Waals surface area contributed by atoms with E-state index >= 15 is 0 Å². The van der Waals surface area contributed by atoms with Crippen LogP contribution in [-0.4, -0.2) is 0 Å². The number of rotatable bonds is 10. The first kappa shape index (κ1) is 23.6. The SMILES string of the molecule is CCCCCc1ccc(-c2ccc(C3C=CC(c4ccc(CCCC)cc4)CC3)cc2)cc1. The summed E-state index contributed by atoms with van der Waals surface area (Å²) in [5.41, 5.74) is 8.49. The highest BCUT2D eigenvalue weighted by atomic mass is 14.2. The minimum Gasteiger partial charge on any atom is -0.0804 e. The zero-order valence-corrected chi connectivity index (χ0v) is 20.6. The van der Waals surface area contributed by atoms with Crippen LogP contribution in [0.15, 0.2) is 84.9 Å². The van der Waals surface area contributed by atoms with E-state index in [2.05, 4.69) is 98.8 Å². The van der Waals surface area contributed by atoms with Crippen molar-refractivity contribution in [1.29, 1.82) is 0 Å². The summed E-state index contributed by atoms with van der Waals surface area (Å²) in [4.78, 5) is 0.